The number of aromatic nitrogens is 2. The summed E-state index contributed by atoms with van der Waals surface area (Å²) in [5.74, 6) is -1.04. The molecule has 19 heavy (non-hydrogen) atoms. The van der Waals surface area contributed by atoms with Gasteiger partial charge in [0.1, 0.15) is 16.4 Å². The predicted octanol–water partition coefficient (Wildman–Crippen LogP) is 3.70. The number of thioether (sulfide) groups is 1. The number of halogens is 1. The Bertz CT molecular complexity index is 622. The van der Waals surface area contributed by atoms with Crippen LogP contribution in [-0.2, 0) is 0 Å². The lowest BCUT2D eigenvalue weighted by Gasteiger charge is -2.04. The highest BCUT2D eigenvalue weighted by Crippen LogP contribution is 2.30. The van der Waals surface area contributed by atoms with Crippen molar-refractivity contribution < 1.29 is 9.90 Å². The molecule has 0 radical (unpaired) electrons. The fourth-order valence-electron chi connectivity index (χ4n) is 1.34. The first kappa shape index (κ1) is 14.2. The van der Waals surface area contributed by atoms with Gasteiger partial charge in [-0.3, -0.25) is 0 Å². The third-order valence-corrected chi connectivity index (χ3v) is 4.11. The number of benzene rings is 1. The van der Waals surface area contributed by atoms with E-state index in [0.29, 0.717) is 0 Å². The van der Waals surface area contributed by atoms with Gasteiger partial charge in [-0.1, -0.05) is 23.4 Å². The molecule has 2 rings (SSSR count). The minimum Gasteiger partial charge on any atom is -0.478 e. The number of hydrogen-bond acceptors (Lipinski definition) is 5. The predicted molar refractivity (Wildman–Crippen MR) is 76.3 cm³/mol. The summed E-state index contributed by atoms with van der Waals surface area (Å²) in [5, 5.41) is 10.9. The van der Waals surface area contributed by atoms with Crippen molar-refractivity contribution in [1.82, 2.24) is 9.97 Å². The molecule has 0 unspecified atom stereocenters. The zero-order valence-electron chi connectivity index (χ0n) is 9.83. The van der Waals surface area contributed by atoms with Crippen LogP contribution in [0.3, 0.4) is 0 Å². The Morgan fingerprint density at radius 1 is 1.26 bits per heavy atom. The molecule has 0 saturated carbocycles. The van der Waals surface area contributed by atoms with Gasteiger partial charge in [-0.15, -0.1) is 11.8 Å². The number of rotatable bonds is 4. The number of nitrogens with zero attached hydrogens (tertiary/aromatic N) is 2. The van der Waals surface area contributed by atoms with E-state index in [-0.39, 0.29) is 10.6 Å². The van der Waals surface area contributed by atoms with Crippen LogP contribution in [0.1, 0.15) is 10.4 Å². The molecule has 1 aromatic heterocycles. The van der Waals surface area contributed by atoms with Gasteiger partial charge in [-0.05, 0) is 24.5 Å². The first-order valence-electron chi connectivity index (χ1n) is 5.17. The minimum absolute atomic E-state index is 0.0887. The van der Waals surface area contributed by atoms with E-state index < -0.39 is 5.97 Å². The van der Waals surface area contributed by atoms with E-state index in [9.17, 15) is 4.79 Å². The maximum absolute atomic E-state index is 11.0. The van der Waals surface area contributed by atoms with Gasteiger partial charge >= 0.3 is 5.97 Å². The van der Waals surface area contributed by atoms with Crippen molar-refractivity contribution in [3.8, 4) is 0 Å². The van der Waals surface area contributed by atoms with Crippen molar-refractivity contribution in [1.29, 1.82) is 0 Å². The van der Waals surface area contributed by atoms with Crippen LogP contribution < -0.4 is 0 Å². The average Bonchev–Trinajstić information content (AvgIpc) is 2.41. The molecule has 0 aliphatic heterocycles. The Kier molecular flexibility index (Phi) is 4.68. The minimum atomic E-state index is -1.04. The summed E-state index contributed by atoms with van der Waals surface area (Å²) in [4.78, 5) is 20.0. The molecule has 0 atom stereocenters. The van der Waals surface area contributed by atoms with Crippen molar-refractivity contribution >= 4 is 41.1 Å². The monoisotopic (exact) mass is 312 g/mol. The van der Waals surface area contributed by atoms with E-state index >= 15 is 0 Å². The molecule has 1 aromatic carbocycles. The second kappa shape index (κ2) is 6.27. The Hall–Kier alpha value is -1.24. The van der Waals surface area contributed by atoms with Gasteiger partial charge in [0.15, 0.2) is 0 Å². The second-order valence-corrected chi connectivity index (χ2v) is 5.78. The lowest BCUT2D eigenvalue weighted by atomic mass is 10.2. The summed E-state index contributed by atoms with van der Waals surface area (Å²) in [6.07, 6.45) is 3.42. The number of carboxylic acids is 1. The van der Waals surface area contributed by atoms with Crippen LogP contribution in [0.25, 0.3) is 0 Å². The first-order chi connectivity index (χ1) is 9.10. The molecule has 0 aliphatic carbocycles. The SMILES string of the molecule is CSc1cc(Sc2ccc(Cl)c(C(=O)O)c2)ncn1. The molecule has 0 amide bonds. The molecule has 0 spiro atoms. The Labute approximate surface area is 123 Å². The van der Waals surface area contributed by atoms with E-state index in [4.69, 9.17) is 16.7 Å². The van der Waals surface area contributed by atoms with Gasteiger partial charge in [-0.25, -0.2) is 14.8 Å². The van der Waals surface area contributed by atoms with Crippen molar-refractivity contribution in [3.05, 3.63) is 41.2 Å². The fourth-order valence-corrected chi connectivity index (χ4v) is 2.82. The van der Waals surface area contributed by atoms with Gasteiger partial charge in [0, 0.05) is 11.0 Å². The number of hydrogen-bond donors (Lipinski definition) is 1. The van der Waals surface area contributed by atoms with Gasteiger partial charge < -0.3 is 5.11 Å². The van der Waals surface area contributed by atoms with Crippen LogP contribution in [-0.4, -0.2) is 27.3 Å². The van der Waals surface area contributed by atoms with E-state index in [2.05, 4.69) is 9.97 Å². The molecule has 2 aromatic rings. The lowest BCUT2D eigenvalue weighted by Crippen LogP contribution is -1.97. The topological polar surface area (TPSA) is 63.1 Å². The Balaban J connectivity index is 2.28. The van der Waals surface area contributed by atoms with Crippen molar-refractivity contribution in [3.63, 3.8) is 0 Å². The van der Waals surface area contributed by atoms with Gasteiger partial charge in [-0.2, -0.15) is 0 Å². The molecule has 0 fully saturated rings. The maximum atomic E-state index is 11.0. The number of carboxylic acid groups (broad SMARTS) is 1. The van der Waals surface area contributed by atoms with E-state index in [1.165, 1.54) is 35.9 Å². The summed E-state index contributed by atoms with van der Waals surface area (Å²) < 4.78 is 0. The van der Waals surface area contributed by atoms with Crippen LogP contribution in [0, 0.1) is 0 Å². The second-order valence-electron chi connectivity index (χ2n) is 3.45. The van der Waals surface area contributed by atoms with Crippen LogP contribution in [0.15, 0.2) is 45.5 Å². The summed E-state index contributed by atoms with van der Waals surface area (Å²) in [6, 6.07) is 6.73. The number of aromatic carboxylic acids is 1. The van der Waals surface area contributed by atoms with Gasteiger partial charge in [0.2, 0.25) is 0 Å². The smallest absolute Gasteiger partial charge is 0.337 e. The molecule has 0 saturated heterocycles. The molecule has 98 valence electrons. The third kappa shape index (κ3) is 3.62. The molecular weight excluding hydrogens is 304 g/mol. The lowest BCUT2D eigenvalue weighted by molar-refractivity contribution is 0.0697. The van der Waals surface area contributed by atoms with E-state index in [1.807, 2.05) is 12.3 Å². The quantitative estimate of drug-likeness (QED) is 0.686. The highest BCUT2D eigenvalue weighted by atomic mass is 35.5. The summed E-state index contributed by atoms with van der Waals surface area (Å²) in [6.45, 7) is 0. The summed E-state index contributed by atoms with van der Waals surface area (Å²) in [7, 11) is 0. The third-order valence-electron chi connectivity index (χ3n) is 2.22. The molecule has 1 heterocycles. The summed E-state index contributed by atoms with van der Waals surface area (Å²) >= 11 is 8.72. The van der Waals surface area contributed by atoms with Crippen LogP contribution in [0.4, 0.5) is 0 Å². The fraction of sp³-hybridized carbons (Fsp3) is 0.0833. The Morgan fingerprint density at radius 3 is 2.68 bits per heavy atom. The first-order valence-corrected chi connectivity index (χ1v) is 7.59. The largest absolute Gasteiger partial charge is 0.478 e. The van der Waals surface area contributed by atoms with Crippen LogP contribution >= 0.6 is 35.1 Å². The van der Waals surface area contributed by atoms with Crippen LogP contribution in [0.2, 0.25) is 5.02 Å². The molecule has 0 bridgehead atoms. The zero-order chi connectivity index (χ0) is 13.8. The van der Waals surface area contributed by atoms with Crippen molar-refractivity contribution in [2.24, 2.45) is 0 Å². The van der Waals surface area contributed by atoms with E-state index in [1.54, 1.807) is 12.1 Å². The highest BCUT2D eigenvalue weighted by molar-refractivity contribution is 7.99. The summed E-state index contributed by atoms with van der Waals surface area (Å²) in [5.41, 5.74) is 0.0887. The standard InChI is InChI=1S/C12H9ClN2O2S2/c1-18-10-5-11(15-6-14-10)19-7-2-3-9(13)8(4-7)12(16)17/h2-6H,1H3,(H,16,17). The zero-order valence-corrected chi connectivity index (χ0v) is 12.2. The molecule has 0 aliphatic rings. The molecule has 7 heteroatoms. The Morgan fingerprint density at radius 2 is 2.00 bits per heavy atom. The highest BCUT2D eigenvalue weighted by Gasteiger charge is 2.10. The van der Waals surface area contributed by atoms with E-state index in [0.717, 1.165) is 14.9 Å². The van der Waals surface area contributed by atoms with Crippen molar-refractivity contribution in [2.45, 2.75) is 14.9 Å². The number of carbonyl (C=O) groups is 1. The maximum Gasteiger partial charge on any atom is 0.337 e. The average molecular weight is 313 g/mol. The van der Waals surface area contributed by atoms with Gasteiger partial charge in [0.25, 0.3) is 0 Å². The van der Waals surface area contributed by atoms with Crippen LogP contribution in [0.5, 0.6) is 0 Å². The molecule has 4 nitrogen and oxygen atoms in total. The van der Waals surface area contributed by atoms with Gasteiger partial charge in [0.05, 0.1) is 10.6 Å². The molecular formula is C12H9ClN2O2S2. The molecule has 1 N–H and O–H groups in total. The normalized spacial score (nSPS) is 10.4. The van der Waals surface area contributed by atoms with Crippen molar-refractivity contribution in [2.75, 3.05) is 6.26 Å².